The van der Waals surface area contributed by atoms with Crippen molar-refractivity contribution >= 4 is 11.9 Å². The van der Waals surface area contributed by atoms with Crippen molar-refractivity contribution in [2.45, 2.75) is 125 Å². The van der Waals surface area contributed by atoms with Crippen LogP contribution in [0, 0.1) is 56.7 Å². The molecule has 5 fully saturated rings. The van der Waals surface area contributed by atoms with Crippen LogP contribution in [-0.2, 0) is 25.6 Å². The normalized spacial score (nSPS) is 43.9. The largest absolute Gasteiger partial charge is 0.465 e. The van der Waals surface area contributed by atoms with Gasteiger partial charge in [0.25, 0.3) is 0 Å². The molecular weight excluding hydrogens is 546 g/mol. The van der Waals surface area contributed by atoms with Gasteiger partial charge in [0.1, 0.15) is 6.10 Å². The summed E-state index contributed by atoms with van der Waals surface area (Å²) in [5, 5.41) is 0. The summed E-state index contributed by atoms with van der Waals surface area (Å²) in [5.74, 6) is 2.48. The van der Waals surface area contributed by atoms with Crippen LogP contribution < -0.4 is 4.57 Å². The van der Waals surface area contributed by atoms with E-state index in [1.54, 1.807) is 13.8 Å². The van der Waals surface area contributed by atoms with Crippen molar-refractivity contribution in [1.29, 1.82) is 0 Å². The summed E-state index contributed by atoms with van der Waals surface area (Å²) in [6.07, 6.45) is 16.1. The smallest absolute Gasteiger partial charge is 0.302 e. The predicted molar refractivity (Wildman–Crippen MR) is 172 cm³/mol. The Morgan fingerprint density at radius 3 is 2.20 bits per heavy atom. The Balaban J connectivity index is 1.33. The highest BCUT2D eigenvalue weighted by atomic mass is 16.5. The van der Waals surface area contributed by atoms with Crippen LogP contribution >= 0.6 is 0 Å². The van der Waals surface area contributed by atoms with Crippen molar-refractivity contribution < 1.29 is 23.6 Å². The topological polar surface area (TPSA) is 56.5 Å². The molecule has 0 aromatic carbocycles. The van der Waals surface area contributed by atoms with Crippen LogP contribution in [0.15, 0.2) is 42.7 Å². The first-order valence-electron chi connectivity index (χ1n) is 17.6. The van der Waals surface area contributed by atoms with Crippen molar-refractivity contribution in [1.82, 2.24) is 0 Å². The molecule has 0 radical (unpaired) electrons. The predicted octanol–water partition coefficient (Wildman–Crippen LogP) is 8.11. The van der Waals surface area contributed by atoms with Gasteiger partial charge in [-0.2, -0.15) is 0 Å². The van der Waals surface area contributed by atoms with E-state index >= 15 is 0 Å². The number of fused-ring (bicyclic) bond motifs is 7. The molecule has 5 heteroatoms. The van der Waals surface area contributed by atoms with Crippen LogP contribution in [0.2, 0.25) is 0 Å². The number of esters is 2. The van der Waals surface area contributed by atoms with Crippen LogP contribution in [0.5, 0.6) is 0 Å². The van der Waals surface area contributed by atoms with Gasteiger partial charge in [0, 0.05) is 36.8 Å². The number of pyridine rings is 1. The lowest BCUT2D eigenvalue weighted by Gasteiger charge is -2.73. The van der Waals surface area contributed by atoms with Gasteiger partial charge in [0.05, 0.1) is 6.61 Å². The number of carbonyl (C=O) groups is 2. The summed E-state index contributed by atoms with van der Waals surface area (Å²) >= 11 is 0. The molecule has 0 saturated heterocycles. The van der Waals surface area contributed by atoms with Crippen LogP contribution in [0.25, 0.3) is 0 Å². The number of hydrogen-bond acceptors (Lipinski definition) is 4. The number of hydrogen-bond donors (Lipinski definition) is 0. The Labute approximate surface area is 266 Å². The number of ether oxygens (including phenoxy) is 2. The summed E-state index contributed by atoms with van der Waals surface area (Å²) < 4.78 is 14.1. The van der Waals surface area contributed by atoms with Gasteiger partial charge in [0.2, 0.25) is 0 Å². The maximum absolute atomic E-state index is 12.1. The first-order valence-corrected chi connectivity index (χ1v) is 17.6. The zero-order valence-electron chi connectivity index (χ0n) is 28.6. The SMILES string of the molecule is C=C(C[n+]1ccccc1)[C@@H]1CC[C@]2(COC(C)=O)CC[C@]3(C)[C@H](CC[C@@H]4[C@@]5(C)CC[C@H](OC(C)=O)C(C)(C)[C@@H]5CC[C@]43C)[C@@H]12. The first-order chi connectivity index (χ1) is 20.7. The maximum atomic E-state index is 12.1. The van der Waals surface area contributed by atoms with Gasteiger partial charge < -0.3 is 9.47 Å². The highest BCUT2D eigenvalue weighted by Crippen LogP contribution is 2.77. The van der Waals surface area contributed by atoms with E-state index in [4.69, 9.17) is 16.1 Å². The van der Waals surface area contributed by atoms with Gasteiger partial charge in [-0.3, -0.25) is 9.59 Å². The lowest BCUT2D eigenvalue weighted by molar-refractivity contribution is -0.689. The second-order valence-electron chi connectivity index (χ2n) is 17.1. The molecule has 1 aromatic heterocycles. The molecule has 0 unspecified atom stereocenters. The number of rotatable bonds is 6. The lowest BCUT2D eigenvalue weighted by Crippen LogP contribution is -2.67. The quantitative estimate of drug-likeness (QED) is 0.187. The molecule has 0 aliphatic heterocycles. The third kappa shape index (κ3) is 4.72. The van der Waals surface area contributed by atoms with Crippen LogP contribution in [-0.4, -0.2) is 24.6 Å². The Kier molecular flexibility index (Phi) is 7.93. The fourth-order valence-electron chi connectivity index (χ4n) is 13.0. The standard InChI is InChI=1S/C39H58NO4/c1-26(24-40-22-10-9-11-23-40)29-14-19-39(25-43-27(2)41)21-20-37(7)30(34(29)39)12-13-32-36(6)17-16-33(44-28(3)42)35(4,5)31(36)15-18-38(32,37)8/h9-11,22-23,29-34H,1,12-21,24-25H2,2-8H3/q+1/t29-,30+,31-,32+,33-,34+,36-,37+,38+,39+/m0/s1. The third-order valence-corrected chi connectivity index (χ3v) is 15.1. The molecule has 1 heterocycles. The zero-order chi connectivity index (χ0) is 31.7. The first kappa shape index (κ1) is 31.8. The van der Waals surface area contributed by atoms with Crippen molar-refractivity contribution in [2.24, 2.45) is 56.7 Å². The van der Waals surface area contributed by atoms with Gasteiger partial charge in [-0.1, -0.05) is 47.3 Å². The van der Waals surface area contributed by atoms with Gasteiger partial charge in [-0.25, -0.2) is 4.57 Å². The Hall–Kier alpha value is -2.17. The molecule has 0 bridgehead atoms. The maximum Gasteiger partial charge on any atom is 0.302 e. The molecule has 0 amide bonds. The summed E-state index contributed by atoms with van der Waals surface area (Å²) in [6.45, 7) is 22.0. The second kappa shape index (κ2) is 11.0. The fraction of sp³-hybridized carbons (Fsp3) is 0.769. The zero-order valence-corrected chi connectivity index (χ0v) is 28.6. The van der Waals surface area contributed by atoms with Crippen molar-refractivity contribution in [3.05, 3.63) is 42.7 Å². The number of allylic oxidation sites excluding steroid dienone is 1. The Morgan fingerprint density at radius 1 is 0.795 bits per heavy atom. The third-order valence-electron chi connectivity index (χ3n) is 15.1. The van der Waals surface area contributed by atoms with E-state index < -0.39 is 0 Å². The van der Waals surface area contributed by atoms with Crippen molar-refractivity contribution in [2.75, 3.05) is 6.61 Å². The minimum absolute atomic E-state index is 0.0127. The van der Waals surface area contributed by atoms with E-state index in [0.29, 0.717) is 36.2 Å². The number of carbonyl (C=O) groups excluding carboxylic acids is 2. The summed E-state index contributed by atoms with van der Waals surface area (Å²) in [5.41, 5.74) is 2.10. The minimum Gasteiger partial charge on any atom is -0.465 e. The second-order valence-corrected chi connectivity index (χ2v) is 17.1. The van der Waals surface area contributed by atoms with Gasteiger partial charge in [-0.05, 0) is 116 Å². The molecule has 1 aromatic rings. The molecular formula is C39H58NO4+. The van der Waals surface area contributed by atoms with Crippen LogP contribution in [0.3, 0.4) is 0 Å². The number of aromatic nitrogens is 1. The molecule has 0 N–H and O–H groups in total. The van der Waals surface area contributed by atoms with E-state index in [-0.39, 0.29) is 45.1 Å². The summed E-state index contributed by atoms with van der Waals surface area (Å²) in [4.78, 5) is 24.2. The average molecular weight is 605 g/mol. The Bertz CT molecular complexity index is 1290. The van der Waals surface area contributed by atoms with Crippen LogP contribution in [0.4, 0.5) is 0 Å². The van der Waals surface area contributed by atoms with Crippen molar-refractivity contribution in [3.63, 3.8) is 0 Å². The molecule has 5 aliphatic carbocycles. The fourth-order valence-corrected chi connectivity index (χ4v) is 13.0. The van der Waals surface area contributed by atoms with E-state index in [1.165, 1.54) is 37.7 Å². The molecule has 242 valence electrons. The molecule has 0 spiro atoms. The number of nitrogens with zero attached hydrogens (tertiary/aromatic N) is 1. The average Bonchev–Trinajstić information content (AvgIpc) is 3.34. The van der Waals surface area contributed by atoms with Gasteiger partial charge in [0.15, 0.2) is 18.9 Å². The van der Waals surface area contributed by atoms with E-state index in [2.05, 4.69) is 69.8 Å². The molecule has 5 aliphatic rings. The van der Waals surface area contributed by atoms with Crippen molar-refractivity contribution in [3.8, 4) is 0 Å². The lowest BCUT2D eigenvalue weighted by atomic mass is 9.32. The molecule has 5 saturated carbocycles. The van der Waals surface area contributed by atoms with Gasteiger partial charge in [-0.15, -0.1) is 0 Å². The highest BCUT2D eigenvalue weighted by Gasteiger charge is 2.71. The Morgan fingerprint density at radius 2 is 1.52 bits per heavy atom. The van der Waals surface area contributed by atoms with E-state index in [0.717, 1.165) is 38.6 Å². The highest BCUT2D eigenvalue weighted by molar-refractivity contribution is 5.66. The molecule has 10 atom stereocenters. The van der Waals surface area contributed by atoms with E-state index in [1.807, 2.05) is 0 Å². The van der Waals surface area contributed by atoms with Gasteiger partial charge >= 0.3 is 11.9 Å². The summed E-state index contributed by atoms with van der Waals surface area (Å²) in [6, 6.07) is 6.28. The molecule has 6 rings (SSSR count). The van der Waals surface area contributed by atoms with E-state index in [9.17, 15) is 9.59 Å². The minimum atomic E-state index is -0.150. The monoisotopic (exact) mass is 604 g/mol. The van der Waals surface area contributed by atoms with Crippen LogP contribution in [0.1, 0.15) is 113 Å². The molecule has 5 nitrogen and oxygen atoms in total. The molecule has 44 heavy (non-hydrogen) atoms. The summed E-state index contributed by atoms with van der Waals surface area (Å²) in [7, 11) is 0.